The van der Waals surface area contributed by atoms with E-state index in [4.69, 9.17) is 4.74 Å². The van der Waals surface area contributed by atoms with Gasteiger partial charge in [0.15, 0.2) is 5.75 Å². The summed E-state index contributed by atoms with van der Waals surface area (Å²) in [5, 5.41) is 11.6. The van der Waals surface area contributed by atoms with E-state index in [1.54, 1.807) is 20.0 Å². The van der Waals surface area contributed by atoms with E-state index in [2.05, 4.69) is 0 Å². The molecule has 0 amide bonds. The maximum atomic E-state index is 11.8. The van der Waals surface area contributed by atoms with Crippen LogP contribution in [0.25, 0.3) is 10.9 Å². The lowest BCUT2D eigenvalue weighted by molar-refractivity contribution is -0.385. The van der Waals surface area contributed by atoms with E-state index in [1.807, 2.05) is 0 Å². The van der Waals surface area contributed by atoms with Gasteiger partial charge in [0.1, 0.15) is 0 Å². The second-order valence-corrected chi connectivity index (χ2v) is 4.03. The molecular formula is C12H12N2O4. The highest BCUT2D eigenvalue weighted by molar-refractivity contribution is 5.84. The summed E-state index contributed by atoms with van der Waals surface area (Å²) in [6, 6.07) is 4.57. The van der Waals surface area contributed by atoms with Crippen molar-refractivity contribution in [2.24, 2.45) is 7.05 Å². The summed E-state index contributed by atoms with van der Waals surface area (Å²) in [6.07, 6.45) is 0. The van der Waals surface area contributed by atoms with Gasteiger partial charge in [0.2, 0.25) is 0 Å². The molecule has 0 aliphatic rings. The molecule has 1 aromatic heterocycles. The van der Waals surface area contributed by atoms with E-state index in [-0.39, 0.29) is 17.0 Å². The van der Waals surface area contributed by atoms with Gasteiger partial charge in [0, 0.05) is 30.1 Å². The zero-order chi connectivity index (χ0) is 13.4. The van der Waals surface area contributed by atoms with Crippen LogP contribution in [0.5, 0.6) is 5.75 Å². The number of rotatable bonds is 2. The molecule has 1 heterocycles. The minimum atomic E-state index is -0.501. The molecule has 0 radical (unpaired) electrons. The second kappa shape index (κ2) is 4.14. The molecule has 0 fully saturated rings. The van der Waals surface area contributed by atoms with Crippen molar-refractivity contribution >= 4 is 16.6 Å². The summed E-state index contributed by atoms with van der Waals surface area (Å²) in [6.45, 7) is 1.68. The fourth-order valence-corrected chi connectivity index (χ4v) is 1.95. The van der Waals surface area contributed by atoms with Crippen LogP contribution >= 0.6 is 0 Å². The minimum Gasteiger partial charge on any atom is -0.490 e. The maximum absolute atomic E-state index is 11.8. The molecule has 0 bridgehead atoms. The third-order valence-electron chi connectivity index (χ3n) is 2.90. The van der Waals surface area contributed by atoms with Gasteiger partial charge in [-0.05, 0) is 13.0 Å². The number of aryl methyl sites for hydroxylation is 2. The van der Waals surface area contributed by atoms with Crippen molar-refractivity contribution in [3.63, 3.8) is 0 Å². The Bertz CT molecular complexity index is 703. The molecular weight excluding hydrogens is 236 g/mol. The highest BCUT2D eigenvalue weighted by atomic mass is 16.6. The largest absolute Gasteiger partial charge is 0.490 e. The molecule has 6 nitrogen and oxygen atoms in total. The van der Waals surface area contributed by atoms with Crippen molar-refractivity contribution < 1.29 is 9.66 Å². The number of ether oxygens (including phenoxy) is 1. The van der Waals surface area contributed by atoms with Crippen LogP contribution in [0.3, 0.4) is 0 Å². The zero-order valence-corrected chi connectivity index (χ0v) is 10.3. The second-order valence-electron chi connectivity index (χ2n) is 4.03. The Morgan fingerprint density at radius 1 is 1.33 bits per heavy atom. The fraction of sp³-hybridized carbons (Fsp3) is 0.250. The SMILES string of the molecule is COc1cc2c(cc1[N+](=O)[O-])cc(C)c(=O)n2C. The molecule has 0 atom stereocenters. The van der Waals surface area contributed by atoms with E-state index in [0.29, 0.717) is 16.5 Å². The third-order valence-corrected chi connectivity index (χ3v) is 2.90. The van der Waals surface area contributed by atoms with Crippen LogP contribution in [-0.4, -0.2) is 16.6 Å². The maximum Gasteiger partial charge on any atom is 0.311 e. The lowest BCUT2D eigenvalue weighted by atomic mass is 10.1. The molecule has 0 N–H and O–H groups in total. The molecule has 94 valence electrons. The number of nitrogens with zero attached hydrogens (tertiary/aromatic N) is 2. The summed E-state index contributed by atoms with van der Waals surface area (Å²) < 4.78 is 6.44. The van der Waals surface area contributed by atoms with Crippen molar-refractivity contribution in [3.05, 3.63) is 44.2 Å². The molecule has 1 aromatic carbocycles. The molecule has 0 unspecified atom stereocenters. The van der Waals surface area contributed by atoms with Crippen molar-refractivity contribution in [3.8, 4) is 5.75 Å². The van der Waals surface area contributed by atoms with Crippen LogP contribution in [-0.2, 0) is 7.05 Å². The molecule has 0 aliphatic carbocycles. The molecule has 6 heteroatoms. The normalized spacial score (nSPS) is 10.6. The predicted octanol–water partition coefficient (Wildman–Crippen LogP) is 1.76. The summed E-state index contributed by atoms with van der Waals surface area (Å²) in [7, 11) is 2.99. The molecule has 2 rings (SSSR count). The number of pyridine rings is 1. The van der Waals surface area contributed by atoms with Crippen molar-refractivity contribution in [1.82, 2.24) is 4.57 Å². The van der Waals surface area contributed by atoms with Gasteiger partial charge in [-0.15, -0.1) is 0 Å². The Morgan fingerprint density at radius 3 is 2.56 bits per heavy atom. The molecule has 18 heavy (non-hydrogen) atoms. The topological polar surface area (TPSA) is 74.4 Å². The van der Waals surface area contributed by atoms with Crippen LogP contribution in [0.1, 0.15) is 5.56 Å². The van der Waals surface area contributed by atoms with Crippen molar-refractivity contribution in [2.75, 3.05) is 7.11 Å². The average molecular weight is 248 g/mol. The van der Waals surface area contributed by atoms with E-state index in [0.717, 1.165) is 0 Å². The predicted molar refractivity (Wildman–Crippen MR) is 67.1 cm³/mol. The van der Waals surface area contributed by atoms with E-state index in [9.17, 15) is 14.9 Å². The van der Waals surface area contributed by atoms with E-state index < -0.39 is 4.92 Å². The van der Waals surface area contributed by atoms with Crippen LogP contribution < -0.4 is 10.3 Å². The number of hydrogen-bond donors (Lipinski definition) is 0. The Morgan fingerprint density at radius 2 is 2.00 bits per heavy atom. The number of fused-ring (bicyclic) bond motifs is 1. The number of hydrogen-bond acceptors (Lipinski definition) is 4. The quantitative estimate of drug-likeness (QED) is 0.599. The highest BCUT2D eigenvalue weighted by Crippen LogP contribution is 2.31. The summed E-state index contributed by atoms with van der Waals surface area (Å²) >= 11 is 0. The van der Waals surface area contributed by atoms with Gasteiger partial charge < -0.3 is 9.30 Å². The Balaban J connectivity index is 2.92. The van der Waals surface area contributed by atoms with Gasteiger partial charge >= 0.3 is 5.69 Å². The third kappa shape index (κ3) is 1.71. The van der Waals surface area contributed by atoms with Gasteiger partial charge in [-0.2, -0.15) is 0 Å². The van der Waals surface area contributed by atoms with Crippen molar-refractivity contribution in [1.29, 1.82) is 0 Å². The fourth-order valence-electron chi connectivity index (χ4n) is 1.95. The van der Waals surface area contributed by atoms with Crippen molar-refractivity contribution in [2.45, 2.75) is 6.92 Å². The first-order valence-corrected chi connectivity index (χ1v) is 5.28. The number of nitro benzene ring substituents is 1. The van der Waals surface area contributed by atoms with Gasteiger partial charge in [-0.25, -0.2) is 0 Å². The number of methoxy groups -OCH3 is 1. The Labute approximate surface area is 103 Å². The number of aromatic nitrogens is 1. The van der Waals surface area contributed by atoms with E-state index >= 15 is 0 Å². The van der Waals surface area contributed by atoms with Gasteiger partial charge in [0.05, 0.1) is 17.5 Å². The van der Waals surface area contributed by atoms with Crippen LogP contribution in [0, 0.1) is 17.0 Å². The van der Waals surface area contributed by atoms with E-state index in [1.165, 1.54) is 23.8 Å². The number of benzene rings is 1. The Hall–Kier alpha value is -2.37. The summed E-state index contributed by atoms with van der Waals surface area (Å²) in [4.78, 5) is 22.2. The Kier molecular flexibility index (Phi) is 2.78. The molecule has 0 saturated carbocycles. The van der Waals surface area contributed by atoms with Gasteiger partial charge in [-0.1, -0.05) is 0 Å². The standard InChI is InChI=1S/C12H12N2O4/c1-7-4-8-5-10(14(16)17)11(18-3)6-9(8)13(2)12(7)15/h4-6H,1-3H3. The summed E-state index contributed by atoms with van der Waals surface area (Å²) in [5.41, 5.74) is 0.916. The monoisotopic (exact) mass is 248 g/mol. The lowest BCUT2D eigenvalue weighted by Crippen LogP contribution is -2.19. The lowest BCUT2D eigenvalue weighted by Gasteiger charge is -2.08. The molecule has 0 saturated heterocycles. The van der Waals surface area contributed by atoms with Gasteiger partial charge in [-0.3, -0.25) is 14.9 Å². The minimum absolute atomic E-state index is 0.108. The summed E-state index contributed by atoms with van der Waals surface area (Å²) in [5.74, 6) is 0.145. The molecule has 0 spiro atoms. The smallest absolute Gasteiger partial charge is 0.311 e. The number of nitro groups is 1. The van der Waals surface area contributed by atoms with Gasteiger partial charge in [0.25, 0.3) is 5.56 Å². The molecule has 0 aliphatic heterocycles. The van der Waals surface area contributed by atoms with Crippen LogP contribution in [0.15, 0.2) is 23.0 Å². The van der Waals surface area contributed by atoms with Crippen LogP contribution in [0.2, 0.25) is 0 Å². The van der Waals surface area contributed by atoms with Crippen LogP contribution in [0.4, 0.5) is 5.69 Å². The first-order valence-electron chi connectivity index (χ1n) is 5.28. The average Bonchev–Trinajstić information content (AvgIpc) is 2.34. The molecule has 2 aromatic rings. The zero-order valence-electron chi connectivity index (χ0n) is 10.3. The first kappa shape index (κ1) is 12.1. The first-order chi connectivity index (χ1) is 8.45. The highest BCUT2D eigenvalue weighted by Gasteiger charge is 2.17.